The number of nitrogens with two attached hydrogens (primary N) is 1. The Kier molecular flexibility index (Phi) is 4.34. The molecule has 0 saturated carbocycles. The maximum absolute atomic E-state index is 12.1. The molecule has 1 saturated heterocycles. The largest absolute Gasteiger partial charge is 0.344 e. The van der Waals surface area contributed by atoms with Gasteiger partial charge in [0.15, 0.2) is 0 Å². The highest BCUT2D eigenvalue weighted by molar-refractivity contribution is 5.93. The van der Waals surface area contributed by atoms with E-state index >= 15 is 0 Å². The number of benzene rings is 1. The molecule has 0 radical (unpaired) electrons. The Labute approximate surface area is 134 Å². The van der Waals surface area contributed by atoms with Gasteiger partial charge in [0, 0.05) is 24.8 Å². The standard InChI is InChI=1S/C17H18N4O2/c18-8-16(22)21-10-14(11-21)20-17(23)15-7-6-13(9-19-15)12-4-2-1-3-5-12/h1-7,9,14H,8,10-11,18H2,(H,20,23). The van der Waals surface area contributed by atoms with Crippen molar-refractivity contribution in [2.75, 3.05) is 19.6 Å². The molecule has 0 bridgehead atoms. The number of carbonyl (C=O) groups excluding carboxylic acids is 2. The van der Waals surface area contributed by atoms with Gasteiger partial charge >= 0.3 is 0 Å². The molecule has 1 aromatic carbocycles. The minimum absolute atomic E-state index is 0.00314. The van der Waals surface area contributed by atoms with Crippen LogP contribution >= 0.6 is 0 Å². The Hall–Kier alpha value is -2.73. The van der Waals surface area contributed by atoms with Crippen molar-refractivity contribution in [3.8, 4) is 11.1 Å². The van der Waals surface area contributed by atoms with Crippen molar-refractivity contribution in [2.24, 2.45) is 5.73 Å². The minimum Gasteiger partial charge on any atom is -0.344 e. The molecule has 6 heteroatoms. The van der Waals surface area contributed by atoms with Gasteiger partial charge < -0.3 is 16.0 Å². The van der Waals surface area contributed by atoms with Crippen molar-refractivity contribution >= 4 is 11.8 Å². The quantitative estimate of drug-likeness (QED) is 0.868. The van der Waals surface area contributed by atoms with Gasteiger partial charge in [-0.25, -0.2) is 0 Å². The summed E-state index contributed by atoms with van der Waals surface area (Å²) in [5.41, 5.74) is 7.68. The van der Waals surface area contributed by atoms with E-state index in [9.17, 15) is 9.59 Å². The summed E-state index contributed by atoms with van der Waals surface area (Å²) in [5, 5.41) is 2.86. The normalized spacial score (nSPS) is 14.2. The third-order valence-corrected chi connectivity index (χ3v) is 3.85. The maximum atomic E-state index is 12.1. The highest BCUT2D eigenvalue weighted by Gasteiger charge is 2.31. The molecule has 0 unspecified atom stereocenters. The van der Waals surface area contributed by atoms with E-state index < -0.39 is 0 Å². The van der Waals surface area contributed by atoms with Crippen LogP contribution < -0.4 is 11.1 Å². The van der Waals surface area contributed by atoms with Crippen molar-refractivity contribution in [2.45, 2.75) is 6.04 Å². The molecule has 3 N–H and O–H groups in total. The second kappa shape index (κ2) is 6.58. The van der Waals surface area contributed by atoms with E-state index in [1.54, 1.807) is 17.2 Å². The lowest BCUT2D eigenvalue weighted by Crippen LogP contribution is -2.62. The van der Waals surface area contributed by atoms with Crippen molar-refractivity contribution < 1.29 is 9.59 Å². The lowest BCUT2D eigenvalue weighted by Gasteiger charge is -2.39. The summed E-state index contributed by atoms with van der Waals surface area (Å²) in [6.45, 7) is 1.01. The molecule has 1 fully saturated rings. The van der Waals surface area contributed by atoms with Gasteiger partial charge in [-0.1, -0.05) is 36.4 Å². The third-order valence-electron chi connectivity index (χ3n) is 3.85. The highest BCUT2D eigenvalue weighted by Crippen LogP contribution is 2.17. The van der Waals surface area contributed by atoms with E-state index in [1.165, 1.54) is 0 Å². The number of hydrogen-bond acceptors (Lipinski definition) is 4. The van der Waals surface area contributed by atoms with Crippen LogP contribution in [0.5, 0.6) is 0 Å². The van der Waals surface area contributed by atoms with Crippen LogP contribution in [-0.4, -0.2) is 47.4 Å². The van der Waals surface area contributed by atoms with Gasteiger partial charge in [0.05, 0.1) is 12.6 Å². The van der Waals surface area contributed by atoms with E-state index in [4.69, 9.17) is 5.73 Å². The van der Waals surface area contributed by atoms with Gasteiger partial charge in [0.2, 0.25) is 5.91 Å². The number of amides is 2. The summed E-state index contributed by atoms with van der Waals surface area (Å²) in [6.07, 6.45) is 1.69. The third kappa shape index (κ3) is 3.37. The predicted molar refractivity (Wildman–Crippen MR) is 86.6 cm³/mol. The van der Waals surface area contributed by atoms with Crippen LogP contribution in [0.15, 0.2) is 48.7 Å². The maximum Gasteiger partial charge on any atom is 0.270 e. The predicted octanol–water partition coefficient (Wildman–Crippen LogP) is 0.648. The van der Waals surface area contributed by atoms with Gasteiger partial charge in [-0.05, 0) is 11.6 Å². The van der Waals surface area contributed by atoms with Crippen LogP contribution in [0.2, 0.25) is 0 Å². The van der Waals surface area contributed by atoms with Crippen LogP contribution in [0.25, 0.3) is 11.1 Å². The summed E-state index contributed by atoms with van der Waals surface area (Å²) in [5.74, 6) is -0.324. The number of carbonyl (C=O) groups is 2. The fourth-order valence-corrected chi connectivity index (χ4v) is 2.49. The fraction of sp³-hybridized carbons (Fsp3) is 0.235. The monoisotopic (exact) mass is 310 g/mol. The van der Waals surface area contributed by atoms with Crippen LogP contribution in [0.1, 0.15) is 10.5 Å². The van der Waals surface area contributed by atoms with Crippen LogP contribution in [0.4, 0.5) is 0 Å². The molecule has 1 aromatic heterocycles. The lowest BCUT2D eigenvalue weighted by molar-refractivity contribution is -0.134. The number of rotatable bonds is 4. The first-order valence-corrected chi connectivity index (χ1v) is 7.47. The first-order valence-electron chi connectivity index (χ1n) is 7.47. The van der Waals surface area contributed by atoms with E-state index in [0.717, 1.165) is 11.1 Å². The number of aromatic nitrogens is 1. The van der Waals surface area contributed by atoms with Crippen LogP contribution in [-0.2, 0) is 4.79 Å². The first-order chi connectivity index (χ1) is 11.2. The molecule has 6 nitrogen and oxygen atoms in total. The Morgan fingerprint density at radius 3 is 2.48 bits per heavy atom. The Balaban J connectivity index is 1.58. The number of nitrogens with zero attached hydrogens (tertiary/aromatic N) is 2. The molecule has 3 rings (SSSR count). The molecule has 23 heavy (non-hydrogen) atoms. The average molecular weight is 310 g/mol. The molecule has 2 heterocycles. The molecule has 118 valence electrons. The van der Waals surface area contributed by atoms with E-state index in [1.807, 2.05) is 36.4 Å². The number of pyridine rings is 1. The number of nitrogens with one attached hydrogen (secondary N) is 1. The molecule has 2 aromatic rings. The summed E-state index contributed by atoms with van der Waals surface area (Å²) in [6, 6.07) is 13.4. The van der Waals surface area contributed by atoms with Crippen LogP contribution in [0, 0.1) is 0 Å². The SMILES string of the molecule is NCC(=O)N1CC(NC(=O)c2ccc(-c3ccccc3)cn2)C1. The van der Waals surface area contributed by atoms with Crippen molar-refractivity contribution in [3.05, 3.63) is 54.4 Å². The molecule has 1 aliphatic rings. The van der Waals surface area contributed by atoms with E-state index in [-0.39, 0.29) is 24.4 Å². The van der Waals surface area contributed by atoms with Gasteiger partial charge in [0.25, 0.3) is 5.91 Å². The van der Waals surface area contributed by atoms with Gasteiger partial charge in [-0.3, -0.25) is 14.6 Å². The summed E-state index contributed by atoms with van der Waals surface area (Å²) >= 11 is 0. The van der Waals surface area contributed by atoms with Gasteiger partial charge in [0.1, 0.15) is 5.69 Å². The molecule has 0 atom stereocenters. The second-order valence-corrected chi connectivity index (χ2v) is 5.47. The summed E-state index contributed by atoms with van der Waals surface area (Å²) in [4.78, 5) is 29.3. The van der Waals surface area contributed by atoms with Gasteiger partial charge in [-0.15, -0.1) is 0 Å². The van der Waals surface area contributed by atoms with Crippen molar-refractivity contribution in [3.63, 3.8) is 0 Å². The number of hydrogen-bond donors (Lipinski definition) is 2. The Morgan fingerprint density at radius 1 is 1.13 bits per heavy atom. The molecule has 1 aliphatic heterocycles. The number of likely N-dealkylation sites (tertiary alicyclic amines) is 1. The summed E-state index contributed by atoms with van der Waals surface area (Å²) < 4.78 is 0. The van der Waals surface area contributed by atoms with E-state index in [0.29, 0.717) is 18.8 Å². The van der Waals surface area contributed by atoms with Crippen LogP contribution in [0.3, 0.4) is 0 Å². The minimum atomic E-state index is -0.227. The fourth-order valence-electron chi connectivity index (χ4n) is 2.49. The van der Waals surface area contributed by atoms with E-state index in [2.05, 4.69) is 10.3 Å². The molecular weight excluding hydrogens is 292 g/mol. The zero-order valence-electron chi connectivity index (χ0n) is 12.6. The molecule has 0 spiro atoms. The topological polar surface area (TPSA) is 88.3 Å². The Bertz CT molecular complexity index is 694. The lowest BCUT2D eigenvalue weighted by atomic mass is 10.1. The smallest absolute Gasteiger partial charge is 0.270 e. The summed E-state index contributed by atoms with van der Waals surface area (Å²) in [7, 11) is 0. The van der Waals surface area contributed by atoms with Crippen molar-refractivity contribution in [1.82, 2.24) is 15.2 Å². The molecule has 0 aliphatic carbocycles. The highest BCUT2D eigenvalue weighted by atomic mass is 16.2. The average Bonchev–Trinajstić information content (AvgIpc) is 2.58. The Morgan fingerprint density at radius 2 is 1.87 bits per heavy atom. The van der Waals surface area contributed by atoms with Gasteiger partial charge in [-0.2, -0.15) is 0 Å². The second-order valence-electron chi connectivity index (χ2n) is 5.47. The molecule has 2 amide bonds. The molecular formula is C17H18N4O2. The zero-order valence-corrected chi connectivity index (χ0v) is 12.6. The first kappa shape index (κ1) is 15.2. The van der Waals surface area contributed by atoms with Crippen molar-refractivity contribution in [1.29, 1.82) is 0 Å². The zero-order chi connectivity index (χ0) is 16.2.